The van der Waals surface area contributed by atoms with Gasteiger partial charge in [0, 0.05) is 24.0 Å². The van der Waals surface area contributed by atoms with E-state index in [-0.39, 0.29) is 6.04 Å². The Morgan fingerprint density at radius 2 is 2.14 bits per heavy atom. The Balaban J connectivity index is 1.71. The lowest BCUT2D eigenvalue weighted by Crippen LogP contribution is -2.55. The van der Waals surface area contributed by atoms with Gasteiger partial charge in [-0.15, -0.1) is 0 Å². The minimum absolute atomic E-state index is 0.164. The van der Waals surface area contributed by atoms with Gasteiger partial charge in [0.25, 0.3) is 0 Å². The Morgan fingerprint density at radius 1 is 1.29 bits per heavy atom. The summed E-state index contributed by atoms with van der Waals surface area (Å²) in [4.78, 5) is 7.14. The average Bonchev–Trinajstić information content (AvgIpc) is 2.76. The third kappa shape index (κ3) is 3.58. The quantitative estimate of drug-likeness (QED) is 0.776. The molecule has 152 valence electrons. The molecule has 5 nitrogen and oxygen atoms in total. The van der Waals surface area contributed by atoms with Crippen molar-refractivity contribution in [2.45, 2.75) is 51.7 Å². The smallest absolute Gasteiger partial charge is 0.214 e. The lowest BCUT2D eigenvalue weighted by atomic mass is 9.72. The van der Waals surface area contributed by atoms with Crippen LogP contribution in [-0.2, 0) is 0 Å². The number of aliphatic hydroxyl groups is 1. The topological polar surface area (TPSA) is 54.8 Å². The molecule has 3 fully saturated rings. The van der Waals surface area contributed by atoms with E-state index in [1.54, 1.807) is 7.11 Å². The Kier molecular flexibility index (Phi) is 5.74. The van der Waals surface area contributed by atoms with Crippen LogP contribution in [0.25, 0.3) is 10.9 Å². The molecule has 0 saturated carbocycles. The summed E-state index contributed by atoms with van der Waals surface area (Å²) in [5.41, 5.74) is 1.74. The maximum atomic E-state index is 11.5. The highest BCUT2D eigenvalue weighted by atomic mass is 16.5. The van der Waals surface area contributed by atoms with Crippen LogP contribution in [0, 0.1) is 11.8 Å². The molecule has 0 amide bonds. The number of methoxy groups -OCH3 is 1. The van der Waals surface area contributed by atoms with Gasteiger partial charge in [-0.2, -0.15) is 0 Å². The first-order valence-electron chi connectivity index (χ1n) is 10.7. The molecule has 5 rings (SSSR count). The fourth-order valence-electron chi connectivity index (χ4n) is 5.04. The number of hydrogen-bond acceptors (Lipinski definition) is 5. The second-order valence-electron chi connectivity index (χ2n) is 8.24. The Labute approximate surface area is 167 Å². The number of aliphatic hydroxyl groups excluding tert-OH is 1. The van der Waals surface area contributed by atoms with Crippen LogP contribution >= 0.6 is 0 Å². The van der Waals surface area contributed by atoms with Crippen molar-refractivity contribution in [3.8, 4) is 11.6 Å². The van der Waals surface area contributed by atoms with Gasteiger partial charge in [-0.25, -0.2) is 4.98 Å². The minimum atomic E-state index is -0.554. The first kappa shape index (κ1) is 19.5. The van der Waals surface area contributed by atoms with Gasteiger partial charge in [-0.1, -0.05) is 20.3 Å². The zero-order valence-electron chi connectivity index (χ0n) is 17.2. The number of aromatic nitrogens is 1. The summed E-state index contributed by atoms with van der Waals surface area (Å²) in [6.45, 7) is 7.19. The molecule has 3 aliphatic rings. The number of nitrogens with zero attached hydrogens (tertiary/aromatic N) is 2. The Hall–Kier alpha value is -1.85. The highest BCUT2D eigenvalue weighted by Crippen LogP contribution is 2.43. The predicted octanol–water partition coefficient (Wildman–Crippen LogP) is 4.19. The van der Waals surface area contributed by atoms with Crippen molar-refractivity contribution in [2.75, 3.05) is 26.8 Å². The van der Waals surface area contributed by atoms with Crippen LogP contribution in [0.1, 0.15) is 51.2 Å². The van der Waals surface area contributed by atoms with Crippen LogP contribution in [0.3, 0.4) is 0 Å². The van der Waals surface area contributed by atoms with E-state index >= 15 is 0 Å². The van der Waals surface area contributed by atoms with Crippen molar-refractivity contribution >= 4 is 10.9 Å². The van der Waals surface area contributed by atoms with E-state index in [0.29, 0.717) is 12.5 Å². The van der Waals surface area contributed by atoms with E-state index < -0.39 is 6.10 Å². The molecular weight excluding hydrogens is 352 g/mol. The van der Waals surface area contributed by atoms with Crippen molar-refractivity contribution in [2.24, 2.45) is 11.8 Å². The molecule has 2 bridgehead atoms. The number of ether oxygens (including phenoxy) is 2. The van der Waals surface area contributed by atoms with Gasteiger partial charge >= 0.3 is 0 Å². The predicted molar refractivity (Wildman–Crippen MR) is 111 cm³/mol. The lowest BCUT2D eigenvalue weighted by Gasteiger charge is -2.51. The zero-order chi connectivity index (χ0) is 19.7. The largest absolute Gasteiger partial charge is 0.497 e. The molecule has 1 N–H and O–H groups in total. The minimum Gasteiger partial charge on any atom is -0.497 e. The summed E-state index contributed by atoms with van der Waals surface area (Å²) in [6, 6.07) is 7.94. The van der Waals surface area contributed by atoms with Gasteiger partial charge in [0.05, 0.1) is 25.3 Å². The SMILES string of the molecule is CCCOc1cc([C@@H](O)[C@@H]2C[C@@H]3CCN2C[C@@H]3CC)c2cc(OC)ccc2n1. The van der Waals surface area contributed by atoms with Gasteiger partial charge in [-0.05, 0) is 61.4 Å². The van der Waals surface area contributed by atoms with E-state index in [1.165, 1.54) is 12.8 Å². The van der Waals surface area contributed by atoms with E-state index in [4.69, 9.17) is 9.47 Å². The molecule has 1 aromatic carbocycles. The van der Waals surface area contributed by atoms with E-state index in [9.17, 15) is 5.11 Å². The number of hydrogen-bond donors (Lipinski definition) is 1. The van der Waals surface area contributed by atoms with Gasteiger partial charge < -0.3 is 14.6 Å². The first-order chi connectivity index (χ1) is 13.6. The molecular formula is C23H32N2O3. The van der Waals surface area contributed by atoms with Crippen molar-refractivity contribution in [3.05, 3.63) is 29.8 Å². The molecule has 28 heavy (non-hydrogen) atoms. The summed E-state index contributed by atoms with van der Waals surface area (Å²) in [6.07, 6.45) is 3.93. The molecule has 4 heterocycles. The molecule has 5 atom stereocenters. The lowest BCUT2D eigenvalue weighted by molar-refractivity contribution is -0.0562. The van der Waals surface area contributed by atoms with Crippen LogP contribution < -0.4 is 9.47 Å². The molecule has 2 aromatic rings. The molecule has 1 unspecified atom stereocenters. The zero-order valence-corrected chi connectivity index (χ0v) is 17.2. The van der Waals surface area contributed by atoms with Gasteiger partial charge in [0.15, 0.2) is 0 Å². The first-order valence-corrected chi connectivity index (χ1v) is 10.7. The standard InChI is InChI=1S/C23H32N2O3/c1-4-10-28-22-13-19(18-12-17(27-3)6-7-20(18)24-22)23(26)21-11-16-8-9-25(21)14-15(16)5-2/h6-7,12-13,15-16,21,23,26H,4-5,8-11,14H2,1-3H3/t15-,16-,21-,23+/m0/s1. The number of benzene rings is 1. The van der Waals surface area contributed by atoms with Gasteiger partial charge in [0.1, 0.15) is 5.75 Å². The van der Waals surface area contributed by atoms with Crippen molar-refractivity contribution < 1.29 is 14.6 Å². The van der Waals surface area contributed by atoms with Gasteiger partial charge in [-0.3, -0.25) is 4.90 Å². The Morgan fingerprint density at radius 3 is 2.82 bits per heavy atom. The van der Waals surface area contributed by atoms with Gasteiger partial charge in [0.2, 0.25) is 5.88 Å². The summed E-state index contributed by atoms with van der Waals surface area (Å²) in [7, 11) is 1.67. The molecule has 1 aromatic heterocycles. The maximum absolute atomic E-state index is 11.5. The third-order valence-electron chi connectivity index (χ3n) is 6.62. The van der Waals surface area contributed by atoms with Crippen LogP contribution in [0.4, 0.5) is 0 Å². The van der Waals surface area contributed by atoms with Crippen LogP contribution in [0.15, 0.2) is 24.3 Å². The summed E-state index contributed by atoms with van der Waals surface area (Å²) >= 11 is 0. The second kappa shape index (κ2) is 8.26. The average molecular weight is 385 g/mol. The molecule has 0 spiro atoms. The number of pyridine rings is 1. The molecule has 3 saturated heterocycles. The number of rotatable bonds is 7. The van der Waals surface area contributed by atoms with E-state index in [1.807, 2.05) is 24.3 Å². The summed E-state index contributed by atoms with van der Waals surface area (Å²) in [5, 5.41) is 12.4. The molecule has 0 radical (unpaired) electrons. The molecule has 0 aliphatic carbocycles. The summed E-state index contributed by atoms with van der Waals surface area (Å²) in [5.74, 6) is 2.88. The Bertz CT molecular complexity index is 825. The monoisotopic (exact) mass is 384 g/mol. The normalized spacial score (nSPS) is 27.7. The fraction of sp³-hybridized carbons (Fsp3) is 0.609. The number of fused-ring (bicyclic) bond motifs is 4. The van der Waals surface area contributed by atoms with Crippen LogP contribution in [-0.4, -0.2) is 47.8 Å². The van der Waals surface area contributed by atoms with E-state index in [0.717, 1.165) is 60.0 Å². The van der Waals surface area contributed by atoms with E-state index in [2.05, 4.69) is 23.7 Å². The maximum Gasteiger partial charge on any atom is 0.214 e. The highest BCUT2D eigenvalue weighted by molar-refractivity contribution is 5.84. The summed E-state index contributed by atoms with van der Waals surface area (Å²) < 4.78 is 11.3. The number of piperidine rings is 3. The van der Waals surface area contributed by atoms with Crippen LogP contribution in [0.5, 0.6) is 11.6 Å². The van der Waals surface area contributed by atoms with Crippen LogP contribution in [0.2, 0.25) is 0 Å². The third-order valence-corrected chi connectivity index (χ3v) is 6.62. The molecule has 5 heteroatoms. The van der Waals surface area contributed by atoms with Crippen molar-refractivity contribution in [1.82, 2.24) is 9.88 Å². The van der Waals surface area contributed by atoms with Crippen molar-refractivity contribution in [1.29, 1.82) is 0 Å². The van der Waals surface area contributed by atoms with Crippen molar-refractivity contribution in [3.63, 3.8) is 0 Å². The highest BCUT2D eigenvalue weighted by Gasteiger charge is 2.42. The second-order valence-corrected chi connectivity index (χ2v) is 8.24. The fourth-order valence-corrected chi connectivity index (χ4v) is 5.04. The molecule has 3 aliphatic heterocycles.